The van der Waals surface area contributed by atoms with E-state index in [1.54, 1.807) is 0 Å². The number of likely N-dealkylation sites (N-methyl/N-ethyl adjacent to an activating group) is 1. The van der Waals surface area contributed by atoms with Gasteiger partial charge < -0.3 is 10.1 Å². The highest BCUT2D eigenvalue weighted by Crippen LogP contribution is 2.30. The molecule has 0 aromatic carbocycles. The Morgan fingerprint density at radius 2 is 1.93 bits per heavy atom. The van der Waals surface area contributed by atoms with Crippen molar-refractivity contribution in [2.45, 2.75) is 51.5 Å². The molecule has 2 heteroatoms. The number of ether oxygens (including phenoxy) is 1. The highest BCUT2D eigenvalue weighted by molar-refractivity contribution is 4.80. The van der Waals surface area contributed by atoms with Crippen LogP contribution in [0.5, 0.6) is 0 Å². The van der Waals surface area contributed by atoms with Crippen LogP contribution in [0.1, 0.15) is 45.4 Å². The lowest BCUT2D eigenvalue weighted by Crippen LogP contribution is -2.39. The normalized spacial score (nSPS) is 24.6. The maximum absolute atomic E-state index is 5.82. The van der Waals surface area contributed by atoms with Crippen molar-refractivity contribution in [1.82, 2.24) is 5.32 Å². The van der Waals surface area contributed by atoms with Crippen molar-refractivity contribution in [1.29, 1.82) is 0 Å². The number of nitrogens with one attached hydrogen (secondary N) is 1. The molecule has 1 N–H and O–H groups in total. The monoisotopic (exact) mass is 211 g/mol. The van der Waals surface area contributed by atoms with Gasteiger partial charge in [0.25, 0.3) is 0 Å². The molecule has 88 valence electrons. The zero-order valence-corrected chi connectivity index (χ0v) is 10.0. The van der Waals surface area contributed by atoms with Gasteiger partial charge in [-0.1, -0.05) is 19.8 Å². The lowest BCUT2D eigenvalue weighted by atomic mass is 9.99. The van der Waals surface area contributed by atoms with Crippen molar-refractivity contribution >= 4 is 0 Å². The van der Waals surface area contributed by atoms with Gasteiger partial charge in [-0.3, -0.25) is 0 Å². The molecule has 2 nitrogen and oxygen atoms in total. The summed E-state index contributed by atoms with van der Waals surface area (Å²) >= 11 is 0. The molecule has 0 bridgehead atoms. The zero-order chi connectivity index (χ0) is 10.5. The molecule has 1 atom stereocenters. The molecule has 0 spiro atoms. The van der Waals surface area contributed by atoms with E-state index in [-0.39, 0.29) is 0 Å². The highest BCUT2D eigenvalue weighted by atomic mass is 16.5. The minimum Gasteiger partial charge on any atom is -0.380 e. The van der Waals surface area contributed by atoms with Gasteiger partial charge in [-0.25, -0.2) is 0 Å². The second-order valence-corrected chi connectivity index (χ2v) is 5.19. The Hall–Kier alpha value is -0.0800. The average molecular weight is 211 g/mol. The summed E-state index contributed by atoms with van der Waals surface area (Å²) in [6.07, 6.45) is 8.46. The van der Waals surface area contributed by atoms with E-state index in [2.05, 4.69) is 12.2 Å². The first-order valence-electron chi connectivity index (χ1n) is 6.71. The van der Waals surface area contributed by atoms with Gasteiger partial charge >= 0.3 is 0 Å². The summed E-state index contributed by atoms with van der Waals surface area (Å²) in [7, 11) is 0. The molecular weight excluding hydrogens is 186 g/mol. The van der Waals surface area contributed by atoms with Gasteiger partial charge in [0.15, 0.2) is 0 Å². The van der Waals surface area contributed by atoms with Crippen LogP contribution < -0.4 is 5.32 Å². The molecule has 0 aliphatic heterocycles. The Kier molecular flexibility index (Phi) is 4.45. The molecule has 0 amide bonds. The topological polar surface area (TPSA) is 21.3 Å². The van der Waals surface area contributed by atoms with E-state index < -0.39 is 0 Å². The first kappa shape index (κ1) is 11.4. The summed E-state index contributed by atoms with van der Waals surface area (Å²) in [4.78, 5) is 0. The summed E-state index contributed by atoms with van der Waals surface area (Å²) in [5.74, 6) is 1.78. The van der Waals surface area contributed by atoms with Gasteiger partial charge in [-0.2, -0.15) is 0 Å². The molecule has 0 aromatic rings. The van der Waals surface area contributed by atoms with Crippen molar-refractivity contribution in [3.8, 4) is 0 Å². The van der Waals surface area contributed by atoms with E-state index >= 15 is 0 Å². The maximum Gasteiger partial charge on any atom is 0.0622 e. The Morgan fingerprint density at radius 1 is 1.20 bits per heavy atom. The summed E-state index contributed by atoms with van der Waals surface area (Å²) in [6, 6.07) is 0.622. The molecule has 2 aliphatic rings. The van der Waals surface area contributed by atoms with Crippen molar-refractivity contribution in [3.05, 3.63) is 0 Å². The Labute approximate surface area is 93.8 Å². The predicted octanol–water partition coefficient (Wildman–Crippen LogP) is 2.58. The maximum atomic E-state index is 5.82. The molecule has 15 heavy (non-hydrogen) atoms. The fourth-order valence-electron chi connectivity index (χ4n) is 2.63. The third kappa shape index (κ3) is 3.76. The van der Waals surface area contributed by atoms with Crippen LogP contribution in [-0.4, -0.2) is 25.8 Å². The van der Waals surface area contributed by atoms with E-state index in [9.17, 15) is 0 Å². The molecule has 0 aromatic heterocycles. The third-order valence-corrected chi connectivity index (χ3v) is 3.78. The molecule has 1 unspecified atom stereocenters. The Bertz CT molecular complexity index is 173. The van der Waals surface area contributed by atoms with E-state index in [4.69, 9.17) is 4.74 Å². The smallest absolute Gasteiger partial charge is 0.0622 e. The Balaban J connectivity index is 1.66. The molecular formula is C13H25NO. The van der Waals surface area contributed by atoms with Gasteiger partial charge in [0.1, 0.15) is 0 Å². The molecule has 2 fully saturated rings. The fraction of sp³-hybridized carbons (Fsp3) is 1.00. The zero-order valence-electron chi connectivity index (χ0n) is 10.0. The van der Waals surface area contributed by atoms with E-state index in [0.717, 1.165) is 31.6 Å². The van der Waals surface area contributed by atoms with Crippen molar-refractivity contribution in [2.24, 2.45) is 11.8 Å². The van der Waals surface area contributed by atoms with Gasteiger partial charge in [-0.15, -0.1) is 0 Å². The van der Waals surface area contributed by atoms with E-state index in [1.807, 2.05) is 0 Å². The lowest BCUT2D eigenvalue weighted by Gasteiger charge is -2.24. The van der Waals surface area contributed by atoms with Gasteiger partial charge in [0.05, 0.1) is 6.61 Å². The standard InChI is InChI=1S/C13H25NO/c1-2-14-13(12-5-3-4-6-12)10-15-9-11-7-8-11/h11-14H,2-10H2,1H3. The molecule has 0 saturated heterocycles. The second-order valence-electron chi connectivity index (χ2n) is 5.19. The Morgan fingerprint density at radius 3 is 2.53 bits per heavy atom. The van der Waals surface area contributed by atoms with Gasteiger partial charge in [0.2, 0.25) is 0 Å². The van der Waals surface area contributed by atoms with Crippen molar-refractivity contribution in [3.63, 3.8) is 0 Å². The van der Waals surface area contributed by atoms with Crippen LogP contribution in [-0.2, 0) is 4.74 Å². The molecule has 2 saturated carbocycles. The first-order valence-corrected chi connectivity index (χ1v) is 6.71. The minimum atomic E-state index is 0.622. The van der Waals surface area contributed by atoms with Gasteiger partial charge in [0, 0.05) is 12.6 Å². The van der Waals surface area contributed by atoms with E-state index in [0.29, 0.717) is 6.04 Å². The summed E-state index contributed by atoms with van der Waals surface area (Å²) in [5.41, 5.74) is 0. The highest BCUT2D eigenvalue weighted by Gasteiger charge is 2.26. The number of hydrogen-bond acceptors (Lipinski definition) is 2. The summed E-state index contributed by atoms with van der Waals surface area (Å²) in [6.45, 7) is 5.22. The van der Waals surface area contributed by atoms with Crippen LogP contribution in [0.25, 0.3) is 0 Å². The molecule has 2 rings (SSSR count). The van der Waals surface area contributed by atoms with Crippen LogP contribution in [0.4, 0.5) is 0 Å². The largest absolute Gasteiger partial charge is 0.380 e. The number of rotatable bonds is 7. The number of hydrogen-bond donors (Lipinski definition) is 1. The average Bonchev–Trinajstić information content (AvgIpc) is 2.91. The summed E-state index contributed by atoms with van der Waals surface area (Å²) in [5, 5.41) is 3.59. The van der Waals surface area contributed by atoms with E-state index in [1.165, 1.54) is 38.5 Å². The van der Waals surface area contributed by atoms with Crippen LogP contribution in [0.3, 0.4) is 0 Å². The predicted molar refractivity (Wildman–Crippen MR) is 63.0 cm³/mol. The quantitative estimate of drug-likeness (QED) is 0.699. The second kappa shape index (κ2) is 5.86. The minimum absolute atomic E-state index is 0.622. The lowest BCUT2D eigenvalue weighted by molar-refractivity contribution is 0.0866. The summed E-state index contributed by atoms with van der Waals surface area (Å²) < 4.78 is 5.82. The van der Waals surface area contributed by atoms with Crippen LogP contribution in [0.2, 0.25) is 0 Å². The van der Waals surface area contributed by atoms with Gasteiger partial charge in [-0.05, 0) is 44.1 Å². The molecule has 2 aliphatic carbocycles. The third-order valence-electron chi connectivity index (χ3n) is 3.78. The fourth-order valence-corrected chi connectivity index (χ4v) is 2.63. The SMILES string of the molecule is CCNC(COCC1CC1)C1CCCC1. The van der Waals surface area contributed by atoms with Crippen molar-refractivity contribution in [2.75, 3.05) is 19.8 Å². The van der Waals surface area contributed by atoms with Crippen LogP contribution >= 0.6 is 0 Å². The van der Waals surface area contributed by atoms with Crippen LogP contribution in [0, 0.1) is 11.8 Å². The van der Waals surface area contributed by atoms with Crippen LogP contribution in [0.15, 0.2) is 0 Å². The molecule has 0 radical (unpaired) electrons. The van der Waals surface area contributed by atoms with Crippen molar-refractivity contribution < 1.29 is 4.74 Å². The molecule has 0 heterocycles. The first-order chi connectivity index (χ1) is 7.40.